The third-order valence-corrected chi connectivity index (χ3v) is 3.07. The zero-order chi connectivity index (χ0) is 15.1. The molecular formula is C15H14BrN3O2. The second-order valence-electron chi connectivity index (χ2n) is 4.05. The number of hydrogen-bond donors (Lipinski definition) is 1. The monoisotopic (exact) mass is 347 g/mol. The number of aromatic nitrogens is 1. The van der Waals surface area contributed by atoms with Gasteiger partial charge in [0, 0.05) is 16.9 Å². The number of rotatable bonds is 5. The third kappa shape index (κ3) is 4.39. The Morgan fingerprint density at radius 2 is 2.14 bits per heavy atom. The highest BCUT2D eigenvalue weighted by Crippen LogP contribution is 2.23. The van der Waals surface area contributed by atoms with Crippen LogP contribution in [0.5, 0.6) is 5.75 Å². The predicted molar refractivity (Wildman–Crippen MR) is 84.6 cm³/mol. The third-order valence-electron chi connectivity index (χ3n) is 2.57. The van der Waals surface area contributed by atoms with Crippen molar-refractivity contribution in [2.45, 2.75) is 6.92 Å². The molecule has 2 rings (SSSR count). The van der Waals surface area contributed by atoms with Gasteiger partial charge in [-0.15, -0.1) is 0 Å². The first-order valence-corrected chi connectivity index (χ1v) is 7.15. The minimum atomic E-state index is -0.329. The molecule has 0 aliphatic heterocycles. The van der Waals surface area contributed by atoms with E-state index < -0.39 is 0 Å². The van der Waals surface area contributed by atoms with Crippen LogP contribution in [0.4, 0.5) is 0 Å². The summed E-state index contributed by atoms with van der Waals surface area (Å²) in [6.07, 6.45) is 4.87. The van der Waals surface area contributed by atoms with E-state index in [9.17, 15) is 4.79 Å². The fourth-order valence-electron chi connectivity index (χ4n) is 1.64. The van der Waals surface area contributed by atoms with Gasteiger partial charge in [0.1, 0.15) is 5.75 Å². The van der Waals surface area contributed by atoms with Gasteiger partial charge in [-0.05, 0) is 42.8 Å². The molecule has 0 saturated carbocycles. The average molecular weight is 348 g/mol. The molecule has 0 aliphatic rings. The Labute approximate surface area is 131 Å². The van der Waals surface area contributed by atoms with E-state index in [1.807, 2.05) is 13.0 Å². The largest absolute Gasteiger partial charge is 0.493 e. The number of carbonyl (C=O) groups excluding carboxylic acids is 1. The van der Waals surface area contributed by atoms with Gasteiger partial charge in [-0.25, -0.2) is 5.43 Å². The van der Waals surface area contributed by atoms with Crippen LogP contribution in [0, 0.1) is 0 Å². The molecule has 1 N–H and O–H groups in total. The first kappa shape index (κ1) is 15.2. The predicted octanol–water partition coefficient (Wildman–Crippen LogP) is 3.01. The molecule has 2 aromatic rings. The van der Waals surface area contributed by atoms with Crippen LogP contribution >= 0.6 is 15.9 Å². The Hall–Kier alpha value is -2.21. The topological polar surface area (TPSA) is 63.6 Å². The molecule has 0 aliphatic carbocycles. The summed E-state index contributed by atoms with van der Waals surface area (Å²) >= 11 is 3.34. The van der Waals surface area contributed by atoms with Crippen molar-refractivity contribution in [3.05, 3.63) is 58.3 Å². The van der Waals surface area contributed by atoms with E-state index in [-0.39, 0.29) is 5.91 Å². The van der Waals surface area contributed by atoms with E-state index in [0.29, 0.717) is 17.9 Å². The Morgan fingerprint density at radius 3 is 2.86 bits per heavy atom. The number of amides is 1. The van der Waals surface area contributed by atoms with Crippen molar-refractivity contribution in [2.24, 2.45) is 5.10 Å². The lowest BCUT2D eigenvalue weighted by Gasteiger charge is -2.09. The highest BCUT2D eigenvalue weighted by molar-refractivity contribution is 9.10. The number of pyridine rings is 1. The number of nitrogens with one attached hydrogen (secondary N) is 1. The number of benzene rings is 1. The van der Waals surface area contributed by atoms with Crippen molar-refractivity contribution < 1.29 is 9.53 Å². The molecular weight excluding hydrogens is 334 g/mol. The standard InChI is InChI=1S/C15H14BrN3O2/c1-2-21-14-4-3-12(16)9-13(14)15(20)19-18-10-11-5-7-17-8-6-11/h3-10H,2H2,1H3,(H,19,20)/b18-10-. The Balaban J connectivity index is 2.09. The summed E-state index contributed by atoms with van der Waals surface area (Å²) in [6, 6.07) is 8.85. The maximum Gasteiger partial charge on any atom is 0.275 e. The average Bonchev–Trinajstić information content (AvgIpc) is 2.50. The summed E-state index contributed by atoms with van der Waals surface area (Å²) < 4.78 is 6.24. The summed E-state index contributed by atoms with van der Waals surface area (Å²) in [7, 11) is 0. The van der Waals surface area contributed by atoms with Gasteiger partial charge in [0.15, 0.2) is 0 Å². The van der Waals surface area contributed by atoms with Crippen molar-refractivity contribution in [3.8, 4) is 5.75 Å². The smallest absolute Gasteiger partial charge is 0.275 e. The maximum absolute atomic E-state index is 12.1. The van der Waals surface area contributed by atoms with Gasteiger partial charge in [-0.2, -0.15) is 5.10 Å². The van der Waals surface area contributed by atoms with Crippen LogP contribution in [0.2, 0.25) is 0 Å². The van der Waals surface area contributed by atoms with Crippen LogP contribution in [0.25, 0.3) is 0 Å². The minimum Gasteiger partial charge on any atom is -0.493 e. The van der Waals surface area contributed by atoms with Gasteiger partial charge in [0.25, 0.3) is 5.91 Å². The summed E-state index contributed by atoms with van der Waals surface area (Å²) in [6.45, 7) is 2.35. The summed E-state index contributed by atoms with van der Waals surface area (Å²) in [5.74, 6) is 0.197. The van der Waals surface area contributed by atoms with E-state index in [0.717, 1.165) is 10.0 Å². The maximum atomic E-state index is 12.1. The number of ether oxygens (including phenoxy) is 1. The first-order valence-electron chi connectivity index (χ1n) is 6.36. The Kier molecular flexibility index (Phi) is 5.45. The number of nitrogens with zero attached hydrogens (tertiary/aromatic N) is 2. The molecule has 108 valence electrons. The number of halogens is 1. The van der Waals surface area contributed by atoms with Crippen LogP contribution in [-0.2, 0) is 0 Å². The van der Waals surface area contributed by atoms with E-state index >= 15 is 0 Å². The van der Waals surface area contributed by atoms with Crippen LogP contribution in [0.1, 0.15) is 22.8 Å². The Bertz CT molecular complexity index is 645. The first-order chi connectivity index (χ1) is 10.2. The lowest BCUT2D eigenvalue weighted by Crippen LogP contribution is -2.18. The molecule has 0 atom stereocenters. The van der Waals surface area contributed by atoms with Crippen molar-refractivity contribution >= 4 is 28.1 Å². The molecule has 1 aromatic carbocycles. The van der Waals surface area contributed by atoms with Crippen molar-refractivity contribution in [1.29, 1.82) is 0 Å². The van der Waals surface area contributed by atoms with E-state index in [4.69, 9.17) is 4.74 Å². The number of hydrogen-bond acceptors (Lipinski definition) is 4. The molecule has 0 radical (unpaired) electrons. The van der Waals surface area contributed by atoms with E-state index in [2.05, 4.69) is 31.4 Å². The van der Waals surface area contributed by atoms with Gasteiger partial charge >= 0.3 is 0 Å². The van der Waals surface area contributed by atoms with Crippen LogP contribution in [0.3, 0.4) is 0 Å². The quantitative estimate of drug-likeness (QED) is 0.667. The summed E-state index contributed by atoms with van der Waals surface area (Å²) in [4.78, 5) is 16.1. The Morgan fingerprint density at radius 1 is 1.38 bits per heavy atom. The molecule has 0 fully saturated rings. The molecule has 21 heavy (non-hydrogen) atoms. The van der Waals surface area contributed by atoms with Gasteiger partial charge in [-0.3, -0.25) is 9.78 Å². The van der Waals surface area contributed by atoms with Gasteiger partial charge in [0.05, 0.1) is 18.4 Å². The second kappa shape index (κ2) is 7.54. The molecule has 1 amide bonds. The highest BCUT2D eigenvalue weighted by atomic mass is 79.9. The SMILES string of the molecule is CCOc1ccc(Br)cc1C(=O)N/N=C\c1ccncc1. The molecule has 0 bridgehead atoms. The summed E-state index contributed by atoms with van der Waals surface area (Å²) in [5.41, 5.74) is 3.76. The highest BCUT2D eigenvalue weighted by Gasteiger charge is 2.12. The minimum absolute atomic E-state index is 0.329. The van der Waals surface area contributed by atoms with Crippen molar-refractivity contribution in [1.82, 2.24) is 10.4 Å². The van der Waals surface area contributed by atoms with Crippen LogP contribution in [-0.4, -0.2) is 23.7 Å². The fourth-order valence-corrected chi connectivity index (χ4v) is 2.00. The molecule has 5 nitrogen and oxygen atoms in total. The zero-order valence-corrected chi connectivity index (χ0v) is 13.0. The summed E-state index contributed by atoms with van der Waals surface area (Å²) in [5, 5.41) is 3.93. The van der Waals surface area contributed by atoms with Crippen LogP contribution < -0.4 is 10.2 Å². The van der Waals surface area contributed by atoms with E-state index in [1.54, 1.807) is 42.9 Å². The zero-order valence-electron chi connectivity index (χ0n) is 11.4. The number of carbonyl (C=O) groups is 1. The van der Waals surface area contributed by atoms with Crippen LogP contribution in [0.15, 0.2) is 52.3 Å². The second-order valence-corrected chi connectivity index (χ2v) is 4.97. The van der Waals surface area contributed by atoms with Crippen molar-refractivity contribution in [2.75, 3.05) is 6.61 Å². The fraction of sp³-hybridized carbons (Fsp3) is 0.133. The molecule has 1 aromatic heterocycles. The normalized spacial score (nSPS) is 10.6. The molecule has 1 heterocycles. The molecule has 0 unspecified atom stereocenters. The van der Waals surface area contributed by atoms with Gasteiger partial charge in [-0.1, -0.05) is 15.9 Å². The van der Waals surface area contributed by atoms with Gasteiger partial charge < -0.3 is 4.74 Å². The number of hydrazone groups is 1. The molecule has 0 saturated heterocycles. The lowest BCUT2D eigenvalue weighted by atomic mass is 10.2. The molecule has 6 heteroatoms. The van der Waals surface area contributed by atoms with E-state index in [1.165, 1.54) is 0 Å². The van der Waals surface area contributed by atoms with Crippen molar-refractivity contribution in [3.63, 3.8) is 0 Å². The lowest BCUT2D eigenvalue weighted by molar-refractivity contribution is 0.0951. The molecule has 0 spiro atoms. The van der Waals surface area contributed by atoms with Gasteiger partial charge in [0.2, 0.25) is 0 Å².